The number of rotatable bonds is 6. The average Bonchev–Trinajstić information content (AvgIpc) is 3.58. The number of benzene rings is 1. The molecule has 4 heterocycles. The highest BCUT2D eigenvalue weighted by Gasteiger charge is 2.12. The highest BCUT2D eigenvalue weighted by atomic mass is 35.5. The van der Waals surface area contributed by atoms with Crippen LogP contribution in [0.4, 0.5) is 10.6 Å². The van der Waals surface area contributed by atoms with Crippen molar-refractivity contribution in [2.45, 2.75) is 6.54 Å². The van der Waals surface area contributed by atoms with Crippen molar-refractivity contribution in [1.29, 1.82) is 0 Å². The average molecular weight is 504 g/mol. The lowest BCUT2D eigenvalue weighted by Gasteiger charge is -2.11. The summed E-state index contributed by atoms with van der Waals surface area (Å²) in [6.45, 7) is 0.240. The summed E-state index contributed by atoms with van der Waals surface area (Å²) < 4.78 is 7.60. The maximum Gasteiger partial charge on any atom is 0.412 e. The number of methoxy groups -OCH3 is 1. The van der Waals surface area contributed by atoms with E-state index >= 15 is 0 Å². The largest absolute Gasteiger partial charge is 0.453 e. The van der Waals surface area contributed by atoms with Crippen LogP contribution in [0.3, 0.4) is 0 Å². The number of H-pyrrole nitrogens is 1. The van der Waals surface area contributed by atoms with E-state index < -0.39 is 6.09 Å². The Balaban J connectivity index is 1.36. The van der Waals surface area contributed by atoms with Gasteiger partial charge in [-0.05, 0) is 52.4 Å². The SMILES string of the molecule is COC(=O)Nc1ccc(-c2cnc(Cn3ccc(-c4cc(Cl)ccc4-n4cnnn4)cc3=O)[nH]2)cn1. The molecule has 0 aliphatic rings. The maximum absolute atomic E-state index is 12.9. The Labute approximate surface area is 208 Å². The number of hydrogen-bond donors (Lipinski definition) is 2. The number of pyridine rings is 2. The van der Waals surface area contributed by atoms with E-state index in [0.29, 0.717) is 27.9 Å². The topological polar surface area (TPSA) is 146 Å². The molecule has 0 radical (unpaired) electrons. The number of hydrogen-bond acceptors (Lipinski definition) is 8. The number of nitrogens with zero attached hydrogens (tertiary/aromatic N) is 7. The van der Waals surface area contributed by atoms with E-state index in [1.54, 1.807) is 48.9 Å². The van der Waals surface area contributed by atoms with Crippen LogP contribution >= 0.6 is 11.6 Å². The van der Waals surface area contributed by atoms with Gasteiger partial charge in [-0.1, -0.05) is 11.6 Å². The third-order valence-electron chi connectivity index (χ3n) is 5.30. The zero-order valence-electron chi connectivity index (χ0n) is 18.8. The number of nitrogens with one attached hydrogen (secondary N) is 2. The smallest absolute Gasteiger partial charge is 0.412 e. The maximum atomic E-state index is 12.9. The van der Waals surface area contributed by atoms with Gasteiger partial charge in [-0.2, -0.15) is 4.68 Å². The Morgan fingerprint density at radius 3 is 2.72 bits per heavy atom. The van der Waals surface area contributed by atoms with Crippen molar-refractivity contribution < 1.29 is 9.53 Å². The van der Waals surface area contributed by atoms with Gasteiger partial charge in [0.05, 0.1) is 31.2 Å². The molecule has 1 aromatic carbocycles. The van der Waals surface area contributed by atoms with Crippen molar-refractivity contribution in [3.05, 3.63) is 88.6 Å². The molecule has 0 saturated heterocycles. The summed E-state index contributed by atoms with van der Waals surface area (Å²) in [5.74, 6) is 0.952. The first-order valence-corrected chi connectivity index (χ1v) is 11.0. The summed E-state index contributed by atoms with van der Waals surface area (Å²) in [4.78, 5) is 36.0. The summed E-state index contributed by atoms with van der Waals surface area (Å²) in [5, 5.41) is 14.3. The second kappa shape index (κ2) is 9.80. The van der Waals surface area contributed by atoms with Crippen molar-refractivity contribution in [2.24, 2.45) is 0 Å². The Morgan fingerprint density at radius 2 is 2.00 bits per heavy atom. The lowest BCUT2D eigenvalue weighted by Crippen LogP contribution is -2.19. The number of anilines is 1. The zero-order valence-corrected chi connectivity index (χ0v) is 19.5. The predicted molar refractivity (Wildman–Crippen MR) is 131 cm³/mol. The first kappa shape index (κ1) is 22.9. The standard InChI is InChI=1S/C23H18ClN9O3/c1-36-23(35)29-20-5-2-15(10-25-20)18-11-26-21(28-18)12-32-7-6-14(8-22(32)34)17-9-16(24)3-4-19(17)33-13-27-30-31-33/h2-11,13H,12H2,1H3,(H,26,28)(H,25,29,35). The van der Waals surface area contributed by atoms with Gasteiger partial charge in [0.1, 0.15) is 18.0 Å². The van der Waals surface area contributed by atoms with Crippen molar-refractivity contribution in [2.75, 3.05) is 12.4 Å². The minimum absolute atomic E-state index is 0.215. The van der Waals surface area contributed by atoms with E-state index in [2.05, 4.69) is 40.5 Å². The van der Waals surface area contributed by atoms with Crippen LogP contribution in [0.15, 0.2) is 72.2 Å². The van der Waals surface area contributed by atoms with Crippen molar-refractivity contribution in [1.82, 2.24) is 39.7 Å². The number of aromatic amines is 1. The molecule has 0 saturated carbocycles. The normalized spacial score (nSPS) is 10.8. The predicted octanol–water partition coefficient (Wildman–Crippen LogP) is 3.16. The third kappa shape index (κ3) is 4.83. The minimum atomic E-state index is -0.600. The molecule has 2 N–H and O–H groups in total. The van der Waals surface area contributed by atoms with Crippen LogP contribution < -0.4 is 10.9 Å². The lowest BCUT2D eigenvalue weighted by molar-refractivity contribution is 0.187. The molecule has 0 unspecified atom stereocenters. The molecule has 13 heteroatoms. The lowest BCUT2D eigenvalue weighted by atomic mass is 10.0. The van der Waals surface area contributed by atoms with Crippen molar-refractivity contribution in [3.8, 4) is 28.1 Å². The number of aromatic nitrogens is 8. The van der Waals surface area contributed by atoms with E-state index in [-0.39, 0.29) is 12.1 Å². The van der Waals surface area contributed by atoms with E-state index in [0.717, 1.165) is 16.8 Å². The highest BCUT2D eigenvalue weighted by Crippen LogP contribution is 2.28. The van der Waals surface area contributed by atoms with Crippen molar-refractivity contribution >= 4 is 23.5 Å². The summed E-state index contributed by atoms with van der Waals surface area (Å²) >= 11 is 6.21. The van der Waals surface area contributed by atoms with Gasteiger partial charge in [0.25, 0.3) is 5.56 Å². The van der Waals surface area contributed by atoms with Crippen molar-refractivity contribution in [3.63, 3.8) is 0 Å². The van der Waals surface area contributed by atoms with Gasteiger partial charge in [-0.3, -0.25) is 10.1 Å². The summed E-state index contributed by atoms with van der Waals surface area (Å²) in [6, 6.07) is 12.1. The first-order valence-electron chi connectivity index (χ1n) is 10.6. The second-order valence-corrected chi connectivity index (χ2v) is 8.03. The molecule has 0 bridgehead atoms. The van der Waals surface area contributed by atoms with Gasteiger partial charge in [0.2, 0.25) is 0 Å². The van der Waals surface area contributed by atoms with E-state index in [9.17, 15) is 9.59 Å². The molecule has 5 aromatic rings. The van der Waals surface area contributed by atoms with E-state index in [1.165, 1.54) is 28.8 Å². The molecular formula is C23H18ClN9O3. The fraction of sp³-hybridized carbons (Fsp3) is 0.0870. The Morgan fingerprint density at radius 1 is 1.11 bits per heavy atom. The van der Waals surface area contributed by atoms with Crippen LogP contribution in [0.5, 0.6) is 0 Å². The molecule has 36 heavy (non-hydrogen) atoms. The molecule has 0 atom stereocenters. The molecule has 0 aliphatic heterocycles. The third-order valence-corrected chi connectivity index (χ3v) is 5.54. The van der Waals surface area contributed by atoms with Crippen LogP contribution in [-0.2, 0) is 11.3 Å². The molecule has 0 fully saturated rings. The number of amides is 1. The first-order chi connectivity index (χ1) is 17.5. The number of carbonyl (C=O) groups is 1. The molecule has 0 aliphatic carbocycles. The number of carbonyl (C=O) groups excluding carboxylic acids is 1. The Bertz CT molecular complexity index is 1580. The second-order valence-electron chi connectivity index (χ2n) is 7.59. The molecule has 0 spiro atoms. The molecular weight excluding hydrogens is 486 g/mol. The molecule has 5 rings (SSSR count). The summed E-state index contributed by atoms with van der Waals surface area (Å²) in [5.41, 5.74) is 3.36. The quantitative estimate of drug-likeness (QED) is 0.359. The highest BCUT2D eigenvalue weighted by molar-refractivity contribution is 6.31. The monoisotopic (exact) mass is 503 g/mol. The van der Waals surface area contributed by atoms with Gasteiger partial charge in [-0.15, -0.1) is 5.10 Å². The Kier molecular flexibility index (Phi) is 6.24. The van der Waals surface area contributed by atoms with Crippen LogP contribution in [-0.4, -0.2) is 52.9 Å². The minimum Gasteiger partial charge on any atom is -0.453 e. The van der Waals surface area contributed by atoms with Gasteiger partial charge in [0.15, 0.2) is 0 Å². The van der Waals surface area contributed by atoms with Gasteiger partial charge < -0.3 is 14.3 Å². The summed E-state index contributed by atoms with van der Waals surface area (Å²) in [7, 11) is 1.28. The number of tetrazole rings is 1. The molecule has 4 aromatic heterocycles. The van der Waals surface area contributed by atoms with Crippen LogP contribution in [0.1, 0.15) is 5.82 Å². The van der Waals surface area contributed by atoms with Gasteiger partial charge >= 0.3 is 6.09 Å². The van der Waals surface area contributed by atoms with Crippen LogP contribution in [0.2, 0.25) is 5.02 Å². The van der Waals surface area contributed by atoms with Gasteiger partial charge in [0, 0.05) is 34.6 Å². The number of halogens is 1. The zero-order chi connectivity index (χ0) is 25.1. The summed E-state index contributed by atoms with van der Waals surface area (Å²) in [6.07, 6.45) is 5.82. The molecule has 180 valence electrons. The number of imidazole rings is 1. The fourth-order valence-corrected chi connectivity index (χ4v) is 3.72. The van der Waals surface area contributed by atoms with Crippen LogP contribution in [0.25, 0.3) is 28.1 Å². The van der Waals surface area contributed by atoms with Crippen LogP contribution in [0, 0.1) is 0 Å². The molecule has 1 amide bonds. The fourth-order valence-electron chi connectivity index (χ4n) is 3.55. The molecule has 12 nitrogen and oxygen atoms in total. The van der Waals surface area contributed by atoms with E-state index in [1.807, 2.05) is 6.07 Å². The van der Waals surface area contributed by atoms with E-state index in [4.69, 9.17) is 11.6 Å². The number of ether oxygens (including phenoxy) is 1. The Hall–Kier alpha value is -4.84. The van der Waals surface area contributed by atoms with Gasteiger partial charge in [-0.25, -0.2) is 14.8 Å².